The summed E-state index contributed by atoms with van der Waals surface area (Å²) in [6.07, 6.45) is 3.82. The predicted octanol–water partition coefficient (Wildman–Crippen LogP) is 1.88. The second-order valence-corrected chi connectivity index (χ2v) is 5.97. The second kappa shape index (κ2) is 5.65. The van der Waals surface area contributed by atoms with Crippen molar-refractivity contribution in [1.29, 1.82) is 0 Å². The molecule has 0 atom stereocenters. The third kappa shape index (κ3) is 2.98. The number of thiophene rings is 1. The molecule has 2 rings (SSSR count). The van der Waals surface area contributed by atoms with E-state index in [9.17, 15) is 0 Å². The van der Waals surface area contributed by atoms with E-state index in [0.29, 0.717) is 6.54 Å². The van der Waals surface area contributed by atoms with Crippen LogP contribution in [0.2, 0.25) is 0 Å². The molecule has 0 radical (unpaired) electrons. The summed E-state index contributed by atoms with van der Waals surface area (Å²) < 4.78 is 2.06. The molecule has 0 aliphatic heterocycles. The standard InChI is InChI=1S/C13H20N4S/c1-10-11(6-12(7-14)18-10)8-16(2)9-13-15-4-5-17(13)3/h4-6H,7-9,14H2,1-3H3. The highest BCUT2D eigenvalue weighted by molar-refractivity contribution is 7.12. The lowest BCUT2D eigenvalue weighted by molar-refractivity contribution is 0.307. The van der Waals surface area contributed by atoms with Gasteiger partial charge in [0.15, 0.2) is 0 Å². The van der Waals surface area contributed by atoms with E-state index in [1.54, 1.807) is 11.3 Å². The van der Waals surface area contributed by atoms with Gasteiger partial charge in [0.1, 0.15) is 5.82 Å². The zero-order valence-electron chi connectivity index (χ0n) is 11.2. The maximum atomic E-state index is 5.68. The lowest BCUT2D eigenvalue weighted by atomic mass is 10.2. The normalized spacial score (nSPS) is 11.4. The zero-order chi connectivity index (χ0) is 13.1. The van der Waals surface area contributed by atoms with Crippen molar-refractivity contribution in [1.82, 2.24) is 14.5 Å². The molecule has 0 unspecified atom stereocenters. The van der Waals surface area contributed by atoms with Crippen LogP contribution >= 0.6 is 11.3 Å². The molecule has 0 saturated carbocycles. The molecule has 0 bridgehead atoms. The number of nitrogens with zero attached hydrogens (tertiary/aromatic N) is 3. The largest absolute Gasteiger partial charge is 0.337 e. The van der Waals surface area contributed by atoms with Gasteiger partial charge in [-0.3, -0.25) is 4.90 Å². The molecule has 0 fully saturated rings. The Balaban J connectivity index is 2.00. The topological polar surface area (TPSA) is 47.1 Å². The summed E-state index contributed by atoms with van der Waals surface area (Å²) in [6.45, 7) is 4.59. The first-order chi connectivity index (χ1) is 8.60. The first-order valence-electron chi connectivity index (χ1n) is 6.03. The van der Waals surface area contributed by atoms with Crippen molar-refractivity contribution >= 4 is 11.3 Å². The van der Waals surface area contributed by atoms with Crippen LogP contribution < -0.4 is 5.73 Å². The number of rotatable bonds is 5. The third-order valence-corrected chi connectivity index (χ3v) is 4.16. The van der Waals surface area contributed by atoms with E-state index in [2.05, 4.69) is 34.5 Å². The summed E-state index contributed by atoms with van der Waals surface area (Å²) in [5, 5.41) is 0. The Labute approximate surface area is 112 Å². The fraction of sp³-hybridized carbons (Fsp3) is 0.462. The van der Waals surface area contributed by atoms with Gasteiger partial charge in [0, 0.05) is 42.3 Å². The highest BCUT2D eigenvalue weighted by atomic mass is 32.1. The second-order valence-electron chi connectivity index (χ2n) is 4.62. The van der Waals surface area contributed by atoms with E-state index in [1.165, 1.54) is 15.3 Å². The molecule has 4 nitrogen and oxygen atoms in total. The molecule has 98 valence electrons. The summed E-state index contributed by atoms with van der Waals surface area (Å²) >= 11 is 1.79. The van der Waals surface area contributed by atoms with E-state index < -0.39 is 0 Å². The molecular formula is C13H20N4S. The van der Waals surface area contributed by atoms with Gasteiger partial charge in [0.05, 0.1) is 6.54 Å². The van der Waals surface area contributed by atoms with Gasteiger partial charge in [-0.2, -0.15) is 0 Å². The van der Waals surface area contributed by atoms with E-state index in [4.69, 9.17) is 5.73 Å². The van der Waals surface area contributed by atoms with E-state index in [1.807, 2.05) is 19.4 Å². The van der Waals surface area contributed by atoms with Gasteiger partial charge in [0.2, 0.25) is 0 Å². The molecule has 0 aliphatic rings. The smallest absolute Gasteiger partial charge is 0.122 e. The van der Waals surface area contributed by atoms with Crippen molar-refractivity contribution in [2.75, 3.05) is 7.05 Å². The van der Waals surface area contributed by atoms with Crippen molar-refractivity contribution in [3.8, 4) is 0 Å². The molecule has 2 heterocycles. The van der Waals surface area contributed by atoms with E-state index >= 15 is 0 Å². The SMILES string of the molecule is Cc1sc(CN)cc1CN(C)Cc1nccn1C. The summed E-state index contributed by atoms with van der Waals surface area (Å²) in [5.41, 5.74) is 7.05. The van der Waals surface area contributed by atoms with Gasteiger partial charge in [-0.15, -0.1) is 11.3 Å². The molecule has 0 spiro atoms. The molecule has 0 aliphatic carbocycles. The Morgan fingerprint density at radius 3 is 2.78 bits per heavy atom. The van der Waals surface area contributed by atoms with Crippen LogP contribution in [0.4, 0.5) is 0 Å². The van der Waals surface area contributed by atoms with Gasteiger partial charge in [-0.25, -0.2) is 4.98 Å². The van der Waals surface area contributed by atoms with Crippen molar-refractivity contribution < 1.29 is 0 Å². The highest BCUT2D eigenvalue weighted by Gasteiger charge is 2.09. The van der Waals surface area contributed by atoms with Crippen LogP contribution in [0.25, 0.3) is 0 Å². The summed E-state index contributed by atoms with van der Waals surface area (Å²) in [6, 6.07) is 2.22. The van der Waals surface area contributed by atoms with Gasteiger partial charge in [-0.1, -0.05) is 0 Å². The minimum absolute atomic E-state index is 0.634. The minimum atomic E-state index is 0.634. The average Bonchev–Trinajstić information content (AvgIpc) is 2.87. The average molecular weight is 264 g/mol. The van der Waals surface area contributed by atoms with Crippen LogP contribution in [0.1, 0.15) is 21.1 Å². The van der Waals surface area contributed by atoms with Crippen molar-refractivity contribution in [3.05, 3.63) is 39.6 Å². The van der Waals surface area contributed by atoms with E-state index in [-0.39, 0.29) is 0 Å². The molecule has 0 amide bonds. The van der Waals surface area contributed by atoms with Crippen LogP contribution in [-0.2, 0) is 26.7 Å². The van der Waals surface area contributed by atoms with Crippen molar-refractivity contribution in [3.63, 3.8) is 0 Å². The van der Waals surface area contributed by atoms with E-state index in [0.717, 1.165) is 18.9 Å². The molecule has 0 saturated heterocycles. The fourth-order valence-corrected chi connectivity index (χ4v) is 2.91. The number of hydrogen-bond acceptors (Lipinski definition) is 4. The van der Waals surface area contributed by atoms with Crippen molar-refractivity contribution in [2.24, 2.45) is 12.8 Å². The molecule has 2 aromatic heterocycles. The minimum Gasteiger partial charge on any atom is -0.337 e. The Bertz CT molecular complexity index is 515. The molecule has 2 aromatic rings. The van der Waals surface area contributed by atoms with Gasteiger partial charge in [-0.05, 0) is 25.6 Å². The Morgan fingerprint density at radius 1 is 1.44 bits per heavy atom. The Morgan fingerprint density at radius 2 is 2.22 bits per heavy atom. The first kappa shape index (κ1) is 13.3. The van der Waals surface area contributed by atoms with Gasteiger partial charge >= 0.3 is 0 Å². The van der Waals surface area contributed by atoms with Crippen LogP contribution in [-0.4, -0.2) is 21.5 Å². The quantitative estimate of drug-likeness (QED) is 0.897. The summed E-state index contributed by atoms with van der Waals surface area (Å²) in [5.74, 6) is 1.09. The van der Waals surface area contributed by atoms with Crippen molar-refractivity contribution in [2.45, 2.75) is 26.6 Å². The number of aromatic nitrogens is 2. The number of nitrogens with two attached hydrogens (primary N) is 1. The maximum Gasteiger partial charge on any atom is 0.122 e. The molecule has 18 heavy (non-hydrogen) atoms. The Hall–Kier alpha value is -1.17. The predicted molar refractivity (Wildman–Crippen MR) is 75.3 cm³/mol. The zero-order valence-corrected chi connectivity index (χ0v) is 12.0. The lowest BCUT2D eigenvalue weighted by Gasteiger charge is -2.16. The number of imidazole rings is 1. The number of hydrogen-bond donors (Lipinski definition) is 1. The van der Waals surface area contributed by atoms with Gasteiger partial charge < -0.3 is 10.3 Å². The molecule has 0 aromatic carbocycles. The Kier molecular flexibility index (Phi) is 4.16. The van der Waals surface area contributed by atoms with Gasteiger partial charge in [0.25, 0.3) is 0 Å². The molecule has 5 heteroatoms. The maximum absolute atomic E-state index is 5.68. The lowest BCUT2D eigenvalue weighted by Crippen LogP contribution is -2.19. The van der Waals surface area contributed by atoms with Crippen LogP contribution in [0.3, 0.4) is 0 Å². The first-order valence-corrected chi connectivity index (χ1v) is 6.84. The summed E-state index contributed by atoms with van der Waals surface area (Å²) in [4.78, 5) is 9.24. The monoisotopic (exact) mass is 264 g/mol. The van der Waals surface area contributed by atoms with Crippen LogP contribution in [0.15, 0.2) is 18.5 Å². The molecular weight excluding hydrogens is 244 g/mol. The summed E-state index contributed by atoms with van der Waals surface area (Å²) in [7, 11) is 4.15. The fourth-order valence-electron chi connectivity index (χ4n) is 1.98. The third-order valence-electron chi connectivity index (χ3n) is 3.05. The van der Waals surface area contributed by atoms with Crippen LogP contribution in [0, 0.1) is 6.92 Å². The van der Waals surface area contributed by atoms with Crippen LogP contribution in [0.5, 0.6) is 0 Å². The highest BCUT2D eigenvalue weighted by Crippen LogP contribution is 2.22. The molecule has 2 N–H and O–H groups in total. The number of aryl methyl sites for hydroxylation is 2.